The molecule has 13 heavy (non-hydrogen) atoms. The zero-order valence-corrected chi connectivity index (χ0v) is 8.38. The Morgan fingerprint density at radius 2 is 2.23 bits per heavy atom. The molecule has 0 aromatic carbocycles. The average Bonchev–Trinajstić information content (AvgIpc) is 2.54. The zero-order chi connectivity index (χ0) is 9.52. The van der Waals surface area contributed by atoms with E-state index < -0.39 is 0 Å². The van der Waals surface area contributed by atoms with Gasteiger partial charge in [0.2, 0.25) is 0 Å². The van der Waals surface area contributed by atoms with Crippen LogP contribution in [0.5, 0.6) is 0 Å². The molecule has 0 aliphatic carbocycles. The van der Waals surface area contributed by atoms with Gasteiger partial charge in [0, 0.05) is 11.9 Å². The smallest absolute Gasteiger partial charge is 0.0220 e. The standard InChI is InChI=1S/C12H17N/c1-3-5-6-8-11-9-10-13-12(11)7-4-2/h3,5-6,8-10,13H,4,7H2,1-2H3. The first kappa shape index (κ1) is 9.85. The van der Waals surface area contributed by atoms with Crippen LogP contribution in [0.25, 0.3) is 6.08 Å². The number of allylic oxidation sites excluding steroid dienone is 3. The molecule has 1 N–H and O–H groups in total. The molecule has 0 bridgehead atoms. The number of hydrogen-bond acceptors (Lipinski definition) is 0. The van der Waals surface area contributed by atoms with Crippen LogP contribution in [-0.4, -0.2) is 4.98 Å². The third kappa shape index (κ3) is 2.94. The van der Waals surface area contributed by atoms with Crippen LogP contribution in [0, 0.1) is 0 Å². The van der Waals surface area contributed by atoms with E-state index in [0.29, 0.717) is 0 Å². The molecule has 0 atom stereocenters. The van der Waals surface area contributed by atoms with Gasteiger partial charge in [0.15, 0.2) is 0 Å². The second-order valence-corrected chi connectivity index (χ2v) is 3.05. The van der Waals surface area contributed by atoms with Gasteiger partial charge in [-0.2, -0.15) is 0 Å². The fourth-order valence-electron chi connectivity index (χ4n) is 1.31. The lowest BCUT2D eigenvalue weighted by molar-refractivity contribution is 0.890. The summed E-state index contributed by atoms with van der Waals surface area (Å²) in [6.45, 7) is 4.22. The zero-order valence-electron chi connectivity index (χ0n) is 8.38. The maximum atomic E-state index is 3.26. The van der Waals surface area contributed by atoms with Crippen LogP contribution < -0.4 is 0 Å². The Hall–Kier alpha value is -1.24. The Bertz CT molecular complexity index is 292. The molecule has 1 heteroatoms. The molecule has 0 saturated heterocycles. The quantitative estimate of drug-likeness (QED) is 0.673. The molecule has 1 aromatic heterocycles. The third-order valence-electron chi connectivity index (χ3n) is 1.95. The first-order chi connectivity index (χ1) is 6.38. The van der Waals surface area contributed by atoms with E-state index in [1.54, 1.807) is 0 Å². The van der Waals surface area contributed by atoms with Gasteiger partial charge in [-0.1, -0.05) is 37.6 Å². The summed E-state index contributed by atoms with van der Waals surface area (Å²) in [5.74, 6) is 0. The van der Waals surface area contributed by atoms with Crippen LogP contribution in [0.1, 0.15) is 31.5 Å². The van der Waals surface area contributed by atoms with Crippen molar-refractivity contribution < 1.29 is 0 Å². The molecule has 0 spiro atoms. The number of aromatic amines is 1. The second kappa shape index (κ2) is 5.41. The first-order valence-corrected chi connectivity index (χ1v) is 4.84. The van der Waals surface area contributed by atoms with Crippen molar-refractivity contribution in [3.63, 3.8) is 0 Å². The molecule has 70 valence electrons. The number of rotatable bonds is 4. The molecule has 0 amide bonds. The van der Waals surface area contributed by atoms with Crippen LogP contribution in [0.3, 0.4) is 0 Å². The van der Waals surface area contributed by atoms with Crippen molar-refractivity contribution in [2.75, 3.05) is 0 Å². The minimum atomic E-state index is 1.13. The predicted molar refractivity (Wildman–Crippen MR) is 58.6 cm³/mol. The maximum absolute atomic E-state index is 3.26. The first-order valence-electron chi connectivity index (χ1n) is 4.84. The van der Waals surface area contributed by atoms with Gasteiger partial charge >= 0.3 is 0 Å². The van der Waals surface area contributed by atoms with Crippen LogP contribution in [-0.2, 0) is 6.42 Å². The van der Waals surface area contributed by atoms with Gasteiger partial charge in [-0.15, -0.1) is 0 Å². The van der Waals surface area contributed by atoms with Crippen molar-refractivity contribution >= 4 is 6.08 Å². The summed E-state index contributed by atoms with van der Waals surface area (Å²) in [5, 5.41) is 0. The van der Waals surface area contributed by atoms with Crippen LogP contribution >= 0.6 is 0 Å². The highest BCUT2D eigenvalue weighted by Crippen LogP contribution is 2.10. The largest absolute Gasteiger partial charge is 0.364 e. The summed E-state index contributed by atoms with van der Waals surface area (Å²) in [6.07, 6.45) is 12.6. The molecule has 1 rings (SSSR count). The van der Waals surface area contributed by atoms with Gasteiger partial charge in [0.25, 0.3) is 0 Å². The second-order valence-electron chi connectivity index (χ2n) is 3.05. The highest BCUT2D eigenvalue weighted by atomic mass is 14.7. The van der Waals surface area contributed by atoms with E-state index in [0.717, 1.165) is 6.42 Å². The van der Waals surface area contributed by atoms with Crippen molar-refractivity contribution in [3.05, 3.63) is 41.7 Å². The highest BCUT2D eigenvalue weighted by Gasteiger charge is 1.97. The summed E-state index contributed by atoms with van der Waals surface area (Å²) in [6, 6.07) is 2.12. The minimum absolute atomic E-state index is 1.13. The van der Waals surface area contributed by atoms with Gasteiger partial charge in [-0.3, -0.25) is 0 Å². The third-order valence-corrected chi connectivity index (χ3v) is 1.95. The van der Waals surface area contributed by atoms with E-state index in [1.165, 1.54) is 17.7 Å². The number of hydrogen-bond donors (Lipinski definition) is 1. The average molecular weight is 175 g/mol. The van der Waals surface area contributed by atoms with E-state index >= 15 is 0 Å². The molecular weight excluding hydrogens is 158 g/mol. The molecule has 0 fully saturated rings. The summed E-state index contributed by atoms with van der Waals surface area (Å²) >= 11 is 0. The Morgan fingerprint density at radius 3 is 2.92 bits per heavy atom. The van der Waals surface area contributed by atoms with Crippen LogP contribution in [0.2, 0.25) is 0 Å². The van der Waals surface area contributed by atoms with Crippen LogP contribution in [0.15, 0.2) is 30.5 Å². The fourth-order valence-corrected chi connectivity index (χ4v) is 1.31. The van der Waals surface area contributed by atoms with Crippen molar-refractivity contribution in [3.8, 4) is 0 Å². The van der Waals surface area contributed by atoms with E-state index in [-0.39, 0.29) is 0 Å². The van der Waals surface area contributed by atoms with Crippen LogP contribution in [0.4, 0.5) is 0 Å². The fraction of sp³-hybridized carbons (Fsp3) is 0.333. The highest BCUT2D eigenvalue weighted by molar-refractivity contribution is 5.53. The lowest BCUT2D eigenvalue weighted by atomic mass is 10.1. The van der Waals surface area contributed by atoms with E-state index in [2.05, 4.69) is 30.1 Å². The van der Waals surface area contributed by atoms with Crippen molar-refractivity contribution in [1.82, 2.24) is 4.98 Å². The van der Waals surface area contributed by atoms with E-state index in [4.69, 9.17) is 0 Å². The van der Waals surface area contributed by atoms with Crippen molar-refractivity contribution in [2.24, 2.45) is 0 Å². The van der Waals surface area contributed by atoms with Crippen molar-refractivity contribution in [2.45, 2.75) is 26.7 Å². The van der Waals surface area contributed by atoms with Crippen molar-refractivity contribution in [1.29, 1.82) is 0 Å². The van der Waals surface area contributed by atoms with Gasteiger partial charge in [0.1, 0.15) is 0 Å². The molecule has 1 heterocycles. The summed E-state index contributed by atoms with van der Waals surface area (Å²) < 4.78 is 0. The Labute approximate surface area is 80.2 Å². The SMILES string of the molecule is CC=CC=Cc1cc[nH]c1CCC. The number of aromatic nitrogens is 1. The molecule has 1 nitrogen and oxygen atoms in total. The molecule has 0 radical (unpaired) electrons. The topological polar surface area (TPSA) is 15.8 Å². The van der Waals surface area contributed by atoms with Gasteiger partial charge in [0.05, 0.1) is 0 Å². The number of H-pyrrole nitrogens is 1. The molecule has 1 aromatic rings. The predicted octanol–water partition coefficient (Wildman–Crippen LogP) is 3.56. The molecule has 0 unspecified atom stereocenters. The molecule has 0 saturated carbocycles. The lowest BCUT2D eigenvalue weighted by Crippen LogP contribution is -1.84. The van der Waals surface area contributed by atoms with E-state index in [1.807, 2.05) is 25.3 Å². The Balaban J connectivity index is 2.69. The maximum Gasteiger partial charge on any atom is 0.0220 e. The minimum Gasteiger partial charge on any atom is -0.364 e. The summed E-state index contributed by atoms with van der Waals surface area (Å²) in [7, 11) is 0. The summed E-state index contributed by atoms with van der Waals surface area (Å²) in [4.78, 5) is 3.26. The number of aryl methyl sites for hydroxylation is 1. The van der Waals surface area contributed by atoms with Gasteiger partial charge in [-0.25, -0.2) is 0 Å². The normalized spacial score (nSPS) is 11.8. The molecule has 0 aliphatic rings. The van der Waals surface area contributed by atoms with Gasteiger partial charge in [-0.05, 0) is 25.0 Å². The van der Waals surface area contributed by atoms with E-state index in [9.17, 15) is 0 Å². The monoisotopic (exact) mass is 175 g/mol. The molecular formula is C12H17N. The Morgan fingerprint density at radius 1 is 1.38 bits per heavy atom. The number of nitrogens with one attached hydrogen (secondary N) is 1. The Kier molecular flexibility index (Phi) is 4.10. The lowest BCUT2D eigenvalue weighted by Gasteiger charge is -1.95. The summed E-state index contributed by atoms with van der Waals surface area (Å²) in [5.41, 5.74) is 2.64. The van der Waals surface area contributed by atoms with Gasteiger partial charge < -0.3 is 4.98 Å². The molecule has 0 aliphatic heterocycles.